The molecule has 0 aliphatic rings. The van der Waals surface area contributed by atoms with Crippen LogP contribution in [0, 0.1) is 0 Å². The number of unbranched alkanes of at least 4 members (excludes halogenated alkanes) is 1. The van der Waals surface area contributed by atoms with Gasteiger partial charge in [0.05, 0.1) is 0 Å². The second-order valence-corrected chi connectivity index (χ2v) is 2.62. The van der Waals surface area contributed by atoms with Crippen LogP contribution in [0.3, 0.4) is 0 Å². The van der Waals surface area contributed by atoms with Gasteiger partial charge in [0, 0.05) is 6.54 Å². The summed E-state index contributed by atoms with van der Waals surface area (Å²) < 4.78 is 0. The highest BCUT2D eigenvalue weighted by Gasteiger charge is 2.09. The van der Waals surface area contributed by atoms with Crippen molar-refractivity contribution in [2.45, 2.75) is 25.3 Å². The molecule has 0 radical (unpaired) electrons. The Hall–Kier alpha value is -0.650. The average Bonchev–Trinajstić information content (AvgIpc) is 2.03. The van der Waals surface area contributed by atoms with Crippen molar-refractivity contribution in [3.63, 3.8) is 0 Å². The predicted molar refractivity (Wildman–Crippen MR) is 46.5 cm³/mol. The summed E-state index contributed by atoms with van der Waals surface area (Å²) in [5.41, 5.74) is 11.0. The molecular weight excluding hydrogens is 158 g/mol. The molecule has 0 saturated carbocycles. The summed E-state index contributed by atoms with van der Waals surface area (Å²) in [5.74, 6) is -0.920. The molecule has 0 fully saturated rings. The Labute approximate surface area is 72.3 Å². The second-order valence-electron chi connectivity index (χ2n) is 2.62. The number of aliphatic carboxylic acids is 1. The minimum Gasteiger partial charge on any atom is -0.480 e. The summed E-state index contributed by atoms with van der Waals surface area (Å²) in [6.45, 7) is 0.836. The lowest BCUT2D eigenvalue weighted by Gasteiger charge is -2.05. The smallest absolute Gasteiger partial charge is 0.320 e. The lowest BCUT2D eigenvalue weighted by molar-refractivity contribution is -0.138. The molecule has 0 spiro atoms. The van der Waals surface area contributed by atoms with Crippen LogP contribution < -0.4 is 16.6 Å². The molecule has 0 bridgehead atoms. The third kappa shape index (κ3) is 6.09. The first kappa shape index (κ1) is 11.4. The highest BCUT2D eigenvalue weighted by Crippen LogP contribution is 1.97. The molecule has 0 heterocycles. The minimum atomic E-state index is -0.920. The molecule has 12 heavy (non-hydrogen) atoms. The number of hydrazine groups is 1. The van der Waals surface area contributed by atoms with Gasteiger partial charge >= 0.3 is 5.97 Å². The third-order valence-electron chi connectivity index (χ3n) is 1.56. The van der Waals surface area contributed by atoms with Crippen LogP contribution in [-0.2, 0) is 4.79 Å². The summed E-state index contributed by atoms with van der Waals surface area (Å²) in [4.78, 5) is 10.3. The van der Waals surface area contributed by atoms with E-state index in [1.807, 2.05) is 0 Å². The van der Waals surface area contributed by atoms with Gasteiger partial charge in [0.1, 0.15) is 6.04 Å². The van der Waals surface area contributed by atoms with Gasteiger partial charge in [0.2, 0.25) is 0 Å². The van der Waals surface area contributed by atoms with E-state index in [4.69, 9.17) is 10.8 Å². The molecule has 0 aromatic carbocycles. The van der Waals surface area contributed by atoms with E-state index in [1.54, 1.807) is 7.05 Å². The Morgan fingerprint density at radius 3 is 2.75 bits per heavy atom. The number of carboxylic acid groups (broad SMARTS) is 1. The van der Waals surface area contributed by atoms with Crippen molar-refractivity contribution in [1.29, 1.82) is 0 Å². The standard InChI is InChI=1S/C7H17N3O2/c1-9-10-5-3-2-4-6(8)7(11)12/h6,9-10H,2-5,8H2,1H3,(H,11,12). The zero-order chi connectivity index (χ0) is 9.40. The summed E-state index contributed by atoms with van der Waals surface area (Å²) in [7, 11) is 1.79. The fraction of sp³-hybridized carbons (Fsp3) is 0.857. The van der Waals surface area contributed by atoms with E-state index in [1.165, 1.54) is 0 Å². The quantitative estimate of drug-likeness (QED) is 0.303. The predicted octanol–water partition coefficient (Wildman–Crippen LogP) is -0.707. The molecule has 0 aliphatic carbocycles. The third-order valence-corrected chi connectivity index (χ3v) is 1.56. The van der Waals surface area contributed by atoms with Crippen molar-refractivity contribution in [3.05, 3.63) is 0 Å². The maximum Gasteiger partial charge on any atom is 0.320 e. The summed E-state index contributed by atoms with van der Waals surface area (Å²) in [5, 5.41) is 8.43. The molecule has 5 N–H and O–H groups in total. The fourth-order valence-electron chi connectivity index (χ4n) is 0.826. The maximum absolute atomic E-state index is 10.3. The van der Waals surface area contributed by atoms with E-state index in [0.717, 1.165) is 19.4 Å². The molecule has 1 atom stereocenters. The molecule has 0 aliphatic heterocycles. The van der Waals surface area contributed by atoms with Crippen LogP contribution in [0.2, 0.25) is 0 Å². The first-order valence-electron chi connectivity index (χ1n) is 4.06. The SMILES string of the molecule is CNNCCCCC(N)C(=O)O. The maximum atomic E-state index is 10.3. The van der Waals surface area contributed by atoms with Crippen LogP contribution in [0.4, 0.5) is 0 Å². The summed E-state index contributed by atoms with van der Waals surface area (Å²) in [6, 6.07) is -0.709. The van der Waals surface area contributed by atoms with Crippen molar-refractivity contribution in [2.24, 2.45) is 5.73 Å². The van der Waals surface area contributed by atoms with E-state index >= 15 is 0 Å². The van der Waals surface area contributed by atoms with Crippen molar-refractivity contribution in [2.75, 3.05) is 13.6 Å². The number of rotatable bonds is 7. The Morgan fingerprint density at radius 1 is 1.58 bits per heavy atom. The number of carboxylic acids is 1. The van der Waals surface area contributed by atoms with Crippen molar-refractivity contribution in [1.82, 2.24) is 10.9 Å². The van der Waals surface area contributed by atoms with Crippen LogP contribution in [0.25, 0.3) is 0 Å². The lowest BCUT2D eigenvalue weighted by atomic mass is 10.1. The number of hydrogen-bond donors (Lipinski definition) is 4. The first-order chi connectivity index (χ1) is 5.68. The van der Waals surface area contributed by atoms with E-state index in [9.17, 15) is 4.79 Å². The molecule has 0 rings (SSSR count). The van der Waals surface area contributed by atoms with Gasteiger partial charge in [-0.05, 0) is 26.3 Å². The van der Waals surface area contributed by atoms with Crippen LogP contribution in [0.1, 0.15) is 19.3 Å². The largest absolute Gasteiger partial charge is 0.480 e. The second kappa shape index (κ2) is 7.02. The molecule has 5 nitrogen and oxygen atoms in total. The van der Waals surface area contributed by atoms with Gasteiger partial charge in [-0.1, -0.05) is 0 Å². The van der Waals surface area contributed by atoms with Gasteiger partial charge in [-0.15, -0.1) is 0 Å². The van der Waals surface area contributed by atoms with Crippen LogP contribution in [0.5, 0.6) is 0 Å². The van der Waals surface area contributed by atoms with Gasteiger partial charge in [0.15, 0.2) is 0 Å². The molecule has 0 aromatic rings. The van der Waals surface area contributed by atoms with E-state index in [2.05, 4.69) is 10.9 Å². The summed E-state index contributed by atoms with van der Waals surface area (Å²) in [6.07, 6.45) is 2.31. The molecule has 0 amide bonds. The topological polar surface area (TPSA) is 87.4 Å². The highest BCUT2D eigenvalue weighted by atomic mass is 16.4. The first-order valence-corrected chi connectivity index (χ1v) is 4.06. The van der Waals surface area contributed by atoms with Gasteiger partial charge in [-0.25, -0.2) is 0 Å². The van der Waals surface area contributed by atoms with Crippen LogP contribution in [0.15, 0.2) is 0 Å². The van der Waals surface area contributed by atoms with E-state index in [0.29, 0.717) is 6.42 Å². The zero-order valence-electron chi connectivity index (χ0n) is 7.34. The van der Waals surface area contributed by atoms with Gasteiger partial charge in [0.25, 0.3) is 0 Å². The molecule has 72 valence electrons. The molecule has 1 unspecified atom stereocenters. The van der Waals surface area contributed by atoms with E-state index in [-0.39, 0.29) is 0 Å². The van der Waals surface area contributed by atoms with Crippen LogP contribution in [-0.4, -0.2) is 30.7 Å². The van der Waals surface area contributed by atoms with Gasteiger partial charge in [-0.2, -0.15) is 0 Å². The Balaban J connectivity index is 3.14. The lowest BCUT2D eigenvalue weighted by Crippen LogP contribution is -2.31. The molecule has 5 heteroatoms. The molecular formula is C7H17N3O2. The monoisotopic (exact) mass is 175 g/mol. The van der Waals surface area contributed by atoms with Gasteiger partial charge < -0.3 is 10.8 Å². The number of nitrogens with two attached hydrogens (primary N) is 1. The van der Waals surface area contributed by atoms with E-state index < -0.39 is 12.0 Å². The zero-order valence-corrected chi connectivity index (χ0v) is 7.34. The number of carbonyl (C=O) groups is 1. The normalized spacial score (nSPS) is 12.8. The Morgan fingerprint density at radius 2 is 2.25 bits per heavy atom. The van der Waals surface area contributed by atoms with Crippen molar-refractivity contribution < 1.29 is 9.90 Å². The number of hydrogen-bond acceptors (Lipinski definition) is 4. The summed E-state index contributed by atoms with van der Waals surface area (Å²) >= 11 is 0. The van der Waals surface area contributed by atoms with Crippen molar-refractivity contribution in [3.8, 4) is 0 Å². The fourth-order valence-corrected chi connectivity index (χ4v) is 0.826. The highest BCUT2D eigenvalue weighted by molar-refractivity contribution is 5.72. The molecule has 0 saturated heterocycles. The van der Waals surface area contributed by atoms with Crippen LogP contribution >= 0.6 is 0 Å². The average molecular weight is 175 g/mol. The Bertz CT molecular complexity index is 130. The minimum absolute atomic E-state index is 0.542. The van der Waals surface area contributed by atoms with Gasteiger partial charge in [-0.3, -0.25) is 15.6 Å². The number of nitrogens with one attached hydrogen (secondary N) is 2. The Kier molecular flexibility index (Phi) is 6.64. The molecule has 0 aromatic heterocycles. The van der Waals surface area contributed by atoms with Crippen molar-refractivity contribution >= 4 is 5.97 Å².